The third kappa shape index (κ3) is 10.8. The number of hydrogen-bond donors (Lipinski definition) is 8. The van der Waals surface area contributed by atoms with Gasteiger partial charge in [0.1, 0.15) is 18.1 Å². The van der Waals surface area contributed by atoms with E-state index in [4.69, 9.17) is 28.0 Å². The SMILES string of the molecule is CC(NC(=O)C(C)NC(=O)C(CCCN=C(N)N)NC(=O)C(N)CC(N)=O)C(=O)O. The van der Waals surface area contributed by atoms with Crippen molar-refractivity contribution < 1.29 is 29.1 Å². The number of guanidine groups is 1. The average Bonchev–Trinajstić information content (AvgIpc) is 2.62. The first-order valence-corrected chi connectivity index (χ1v) is 9.08. The standard InChI is InChI=1S/C16H30N8O6/c1-7(12(26)23-8(2)15(29)30)22-14(28)10(4-3-5-21-16(19)20)24-13(27)9(17)6-11(18)25/h7-10H,3-6,17H2,1-2H3,(H2,18,25)(H,22,28)(H,23,26)(H,24,27)(H,29,30)(H4,19,20,21). The summed E-state index contributed by atoms with van der Waals surface area (Å²) in [5.41, 5.74) is 21.0. The van der Waals surface area contributed by atoms with Crippen LogP contribution in [0.15, 0.2) is 4.99 Å². The molecule has 0 saturated heterocycles. The van der Waals surface area contributed by atoms with E-state index in [1.54, 1.807) is 0 Å². The van der Waals surface area contributed by atoms with Gasteiger partial charge in [-0.3, -0.25) is 29.0 Å². The van der Waals surface area contributed by atoms with Crippen molar-refractivity contribution in [3.8, 4) is 0 Å². The Labute approximate surface area is 173 Å². The molecule has 14 nitrogen and oxygen atoms in total. The van der Waals surface area contributed by atoms with Crippen molar-refractivity contribution in [3.63, 3.8) is 0 Å². The van der Waals surface area contributed by atoms with Crippen LogP contribution in [-0.2, 0) is 24.0 Å². The van der Waals surface area contributed by atoms with E-state index in [1.807, 2.05) is 0 Å². The molecule has 0 bridgehead atoms. The molecule has 0 saturated carbocycles. The predicted octanol–water partition coefficient (Wildman–Crippen LogP) is -4.18. The van der Waals surface area contributed by atoms with Crippen molar-refractivity contribution in [3.05, 3.63) is 0 Å². The number of nitrogens with zero attached hydrogens (tertiary/aromatic N) is 1. The van der Waals surface area contributed by atoms with E-state index in [1.165, 1.54) is 13.8 Å². The van der Waals surface area contributed by atoms with Crippen molar-refractivity contribution >= 4 is 35.6 Å². The third-order valence-corrected chi connectivity index (χ3v) is 3.82. The maximum Gasteiger partial charge on any atom is 0.325 e. The molecule has 0 aliphatic carbocycles. The van der Waals surface area contributed by atoms with Crippen LogP contribution >= 0.6 is 0 Å². The summed E-state index contributed by atoms with van der Waals surface area (Å²) in [6.07, 6.45) is -0.0183. The highest BCUT2D eigenvalue weighted by Crippen LogP contribution is 2.02. The molecule has 170 valence electrons. The van der Waals surface area contributed by atoms with Crippen LogP contribution in [0.4, 0.5) is 0 Å². The number of nitrogens with one attached hydrogen (secondary N) is 3. The fourth-order valence-electron chi connectivity index (χ4n) is 2.14. The van der Waals surface area contributed by atoms with E-state index >= 15 is 0 Å². The molecule has 4 atom stereocenters. The molecule has 14 heteroatoms. The van der Waals surface area contributed by atoms with Crippen LogP contribution in [0.5, 0.6) is 0 Å². The smallest absolute Gasteiger partial charge is 0.325 e. The highest BCUT2D eigenvalue weighted by atomic mass is 16.4. The Kier molecular flexibility index (Phi) is 11.5. The van der Waals surface area contributed by atoms with Crippen molar-refractivity contribution in [1.29, 1.82) is 0 Å². The predicted molar refractivity (Wildman–Crippen MR) is 106 cm³/mol. The Morgan fingerprint density at radius 3 is 1.97 bits per heavy atom. The molecular formula is C16H30N8O6. The first-order chi connectivity index (χ1) is 13.8. The fourth-order valence-corrected chi connectivity index (χ4v) is 2.14. The summed E-state index contributed by atoms with van der Waals surface area (Å²) >= 11 is 0. The van der Waals surface area contributed by atoms with Crippen molar-refractivity contribution in [2.75, 3.05) is 6.54 Å². The quantitative estimate of drug-likeness (QED) is 0.0799. The highest BCUT2D eigenvalue weighted by molar-refractivity contribution is 5.94. The average molecular weight is 430 g/mol. The van der Waals surface area contributed by atoms with E-state index in [9.17, 15) is 24.0 Å². The van der Waals surface area contributed by atoms with Gasteiger partial charge in [-0.15, -0.1) is 0 Å². The van der Waals surface area contributed by atoms with Gasteiger partial charge in [0.2, 0.25) is 23.6 Å². The second-order valence-electron chi connectivity index (χ2n) is 6.59. The number of carboxylic acids is 1. The monoisotopic (exact) mass is 430 g/mol. The molecule has 0 rings (SSSR count). The number of primary amides is 1. The Hall–Kier alpha value is -3.42. The number of nitrogens with two attached hydrogens (primary N) is 4. The van der Waals surface area contributed by atoms with Gasteiger partial charge in [0.25, 0.3) is 0 Å². The van der Waals surface area contributed by atoms with Crippen LogP contribution in [-0.4, -0.2) is 71.4 Å². The Morgan fingerprint density at radius 2 is 1.47 bits per heavy atom. The van der Waals surface area contributed by atoms with Gasteiger partial charge >= 0.3 is 5.97 Å². The molecule has 4 unspecified atom stereocenters. The summed E-state index contributed by atoms with van der Waals surface area (Å²) in [5, 5.41) is 15.8. The van der Waals surface area contributed by atoms with E-state index in [0.29, 0.717) is 6.42 Å². The van der Waals surface area contributed by atoms with Crippen LogP contribution in [0.25, 0.3) is 0 Å². The maximum absolute atomic E-state index is 12.5. The Morgan fingerprint density at radius 1 is 0.900 bits per heavy atom. The number of carboxylic acid groups (broad SMARTS) is 1. The van der Waals surface area contributed by atoms with Crippen LogP contribution in [0.2, 0.25) is 0 Å². The van der Waals surface area contributed by atoms with Crippen LogP contribution in [0.1, 0.15) is 33.1 Å². The minimum absolute atomic E-state index is 0.0948. The fraction of sp³-hybridized carbons (Fsp3) is 0.625. The lowest BCUT2D eigenvalue weighted by Crippen LogP contribution is -2.56. The number of aliphatic carboxylic acids is 1. The van der Waals surface area contributed by atoms with E-state index in [-0.39, 0.29) is 18.9 Å². The number of amides is 4. The van der Waals surface area contributed by atoms with Crippen molar-refractivity contribution in [2.24, 2.45) is 27.9 Å². The second-order valence-corrected chi connectivity index (χ2v) is 6.59. The third-order valence-electron chi connectivity index (χ3n) is 3.82. The number of aliphatic imine (C=N–C) groups is 1. The minimum atomic E-state index is -1.26. The van der Waals surface area contributed by atoms with Gasteiger partial charge in [0, 0.05) is 6.54 Å². The van der Waals surface area contributed by atoms with E-state index < -0.39 is 60.2 Å². The molecular weight excluding hydrogens is 400 g/mol. The molecule has 0 radical (unpaired) electrons. The van der Waals surface area contributed by atoms with Gasteiger partial charge in [-0.25, -0.2) is 0 Å². The molecule has 4 amide bonds. The molecule has 0 spiro atoms. The number of carbonyl (C=O) groups is 5. The lowest BCUT2D eigenvalue weighted by Gasteiger charge is -2.22. The molecule has 0 aromatic carbocycles. The normalized spacial score (nSPS) is 14.4. The molecule has 0 aliphatic rings. The summed E-state index contributed by atoms with van der Waals surface area (Å²) in [5.74, 6) is -4.40. The van der Waals surface area contributed by atoms with Crippen LogP contribution in [0, 0.1) is 0 Å². The first kappa shape index (κ1) is 26.6. The van der Waals surface area contributed by atoms with Gasteiger partial charge in [-0.2, -0.15) is 0 Å². The number of hydrogen-bond acceptors (Lipinski definition) is 7. The molecule has 0 aromatic rings. The van der Waals surface area contributed by atoms with E-state index in [0.717, 1.165) is 0 Å². The van der Waals surface area contributed by atoms with Gasteiger partial charge in [-0.1, -0.05) is 0 Å². The minimum Gasteiger partial charge on any atom is -0.480 e. The topological polar surface area (TPSA) is 258 Å². The first-order valence-electron chi connectivity index (χ1n) is 9.08. The lowest BCUT2D eigenvalue weighted by atomic mass is 10.1. The van der Waals surface area contributed by atoms with Crippen molar-refractivity contribution in [2.45, 2.75) is 57.3 Å². The summed E-state index contributed by atoms with van der Waals surface area (Å²) in [4.78, 5) is 62.2. The zero-order valence-corrected chi connectivity index (χ0v) is 16.9. The lowest BCUT2D eigenvalue weighted by molar-refractivity contribution is -0.141. The molecule has 0 heterocycles. The van der Waals surface area contributed by atoms with Gasteiger partial charge < -0.3 is 44.0 Å². The summed E-state index contributed by atoms with van der Waals surface area (Å²) < 4.78 is 0. The van der Waals surface area contributed by atoms with Gasteiger partial charge in [0.05, 0.1) is 12.5 Å². The molecule has 30 heavy (non-hydrogen) atoms. The van der Waals surface area contributed by atoms with Gasteiger partial charge in [-0.05, 0) is 26.7 Å². The molecule has 12 N–H and O–H groups in total. The summed E-state index contributed by atoms with van der Waals surface area (Å²) in [7, 11) is 0. The molecule has 0 fully saturated rings. The second kappa shape index (κ2) is 12.9. The molecule has 0 aromatic heterocycles. The molecule has 0 aliphatic heterocycles. The largest absolute Gasteiger partial charge is 0.480 e. The zero-order valence-electron chi connectivity index (χ0n) is 16.9. The van der Waals surface area contributed by atoms with Crippen LogP contribution < -0.4 is 38.9 Å². The Balaban J connectivity index is 5.08. The van der Waals surface area contributed by atoms with E-state index in [2.05, 4.69) is 20.9 Å². The zero-order chi connectivity index (χ0) is 23.4. The summed E-state index contributed by atoms with van der Waals surface area (Å²) in [6.45, 7) is 2.79. The number of rotatable bonds is 13. The van der Waals surface area contributed by atoms with Gasteiger partial charge in [0.15, 0.2) is 5.96 Å². The highest BCUT2D eigenvalue weighted by Gasteiger charge is 2.27. The number of carbonyl (C=O) groups excluding carboxylic acids is 4. The Bertz CT molecular complexity index is 679. The maximum atomic E-state index is 12.5. The van der Waals surface area contributed by atoms with Crippen molar-refractivity contribution in [1.82, 2.24) is 16.0 Å². The summed E-state index contributed by atoms with van der Waals surface area (Å²) in [6, 6.07) is -4.61. The van der Waals surface area contributed by atoms with Crippen LogP contribution in [0.3, 0.4) is 0 Å².